The normalized spacial score (nSPS) is 21.4. The summed E-state index contributed by atoms with van der Waals surface area (Å²) in [5.41, 5.74) is 13.7. The third kappa shape index (κ3) is 5.81. The van der Waals surface area contributed by atoms with Crippen LogP contribution >= 0.6 is 0 Å². The maximum atomic E-state index is 5.02. The molecule has 1 aromatic heterocycles. The van der Waals surface area contributed by atoms with Crippen LogP contribution < -0.4 is 0 Å². The average molecular weight is 786 g/mol. The van der Waals surface area contributed by atoms with Crippen molar-refractivity contribution in [3.05, 3.63) is 187 Å². The molecule has 0 aliphatic heterocycles. The fourth-order valence-electron chi connectivity index (χ4n) is 12.2. The Hall–Kier alpha value is -6.71. The van der Waals surface area contributed by atoms with Gasteiger partial charge in [0.2, 0.25) is 0 Å². The molecule has 3 nitrogen and oxygen atoms in total. The van der Waals surface area contributed by atoms with E-state index >= 15 is 0 Å². The molecule has 0 amide bonds. The highest BCUT2D eigenvalue weighted by Gasteiger charge is 2.57. The van der Waals surface area contributed by atoms with Crippen LogP contribution in [0, 0.1) is 23.7 Å². The van der Waals surface area contributed by atoms with Gasteiger partial charge in [0.15, 0.2) is 17.5 Å². The Morgan fingerprint density at radius 3 is 1.56 bits per heavy atom. The maximum absolute atomic E-state index is 5.02. The fraction of sp³-hybridized carbons (Fsp3) is 0.190. The molecule has 5 unspecified atom stereocenters. The molecule has 3 aliphatic rings. The molecule has 3 heteroatoms. The number of fused-ring (bicyclic) bond motifs is 12. The highest BCUT2D eigenvalue weighted by molar-refractivity contribution is 6.04. The van der Waals surface area contributed by atoms with Crippen molar-refractivity contribution in [2.75, 3.05) is 0 Å². The molecule has 12 rings (SSSR count). The molecule has 5 atom stereocenters. The van der Waals surface area contributed by atoms with Gasteiger partial charge in [-0.25, -0.2) is 15.0 Å². The van der Waals surface area contributed by atoms with E-state index in [1.54, 1.807) is 11.1 Å². The lowest BCUT2D eigenvalue weighted by atomic mass is 9.49. The van der Waals surface area contributed by atoms with Gasteiger partial charge in [0.05, 0.1) is 0 Å². The third-order valence-corrected chi connectivity index (χ3v) is 14.6. The molecule has 0 N–H and O–H groups in total. The minimum absolute atomic E-state index is 0.00488. The van der Waals surface area contributed by atoms with Crippen LogP contribution in [-0.4, -0.2) is 15.0 Å². The molecule has 2 saturated carbocycles. The highest BCUT2D eigenvalue weighted by atomic mass is 15.0. The van der Waals surface area contributed by atoms with Crippen LogP contribution in [0.15, 0.2) is 176 Å². The first-order valence-electron chi connectivity index (χ1n) is 22.2. The summed E-state index contributed by atoms with van der Waals surface area (Å²) in [6.45, 7) is 5.10. The van der Waals surface area contributed by atoms with Crippen LogP contribution in [0.25, 0.3) is 89.1 Å². The first kappa shape index (κ1) is 36.2. The second-order valence-electron chi connectivity index (χ2n) is 18.2. The Kier molecular flexibility index (Phi) is 8.42. The molecule has 8 aromatic carbocycles. The van der Waals surface area contributed by atoms with Gasteiger partial charge in [-0.2, -0.15) is 0 Å². The van der Waals surface area contributed by atoms with Crippen molar-refractivity contribution in [3.8, 4) is 67.5 Å². The van der Waals surface area contributed by atoms with Crippen LogP contribution in [-0.2, 0) is 5.41 Å². The van der Waals surface area contributed by atoms with Crippen molar-refractivity contribution < 1.29 is 0 Å². The van der Waals surface area contributed by atoms with Crippen LogP contribution in [0.3, 0.4) is 0 Å². The maximum Gasteiger partial charge on any atom is 0.164 e. The number of nitrogens with zero attached hydrogens (tertiary/aromatic N) is 3. The van der Waals surface area contributed by atoms with E-state index in [1.165, 1.54) is 69.5 Å². The van der Waals surface area contributed by atoms with Crippen molar-refractivity contribution in [1.29, 1.82) is 0 Å². The number of hydrogen-bond donors (Lipinski definition) is 0. The number of rotatable bonds is 5. The SMILES string of the molecule is CC1CC2CC(C)C3(c4c(ccc5ccccc45)-c4ccc5cc(-c6cccc(-c7cccc(-c8nc(-c9ccccc9)nc(-c9ccccc9)n8)c7)c6)ccc5c43)C(C1)C2. The van der Waals surface area contributed by atoms with Crippen molar-refractivity contribution >= 4 is 21.5 Å². The lowest BCUT2D eigenvalue weighted by Crippen LogP contribution is -2.49. The predicted octanol–water partition coefficient (Wildman–Crippen LogP) is 14.9. The Balaban J connectivity index is 0.949. The van der Waals surface area contributed by atoms with E-state index in [9.17, 15) is 0 Å². The van der Waals surface area contributed by atoms with Gasteiger partial charge >= 0.3 is 0 Å². The van der Waals surface area contributed by atoms with Crippen LogP contribution in [0.2, 0.25) is 0 Å². The highest BCUT2D eigenvalue weighted by Crippen LogP contribution is 2.66. The van der Waals surface area contributed by atoms with E-state index in [-0.39, 0.29) is 5.41 Å². The minimum atomic E-state index is 0.00488. The van der Waals surface area contributed by atoms with Crippen molar-refractivity contribution in [2.24, 2.45) is 23.7 Å². The first-order chi connectivity index (χ1) is 30.0. The Morgan fingerprint density at radius 2 is 0.902 bits per heavy atom. The molecule has 2 fully saturated rings. The molecule has 2 bridgehead atoms. The zero-order valence-electron chi connectivity index (χ0n) is 34.7. The standard InChI is InChI=1S/C58H47N3/c1-36-29-38-31-37(2)58(48(30-36)32-38)53-49-22-10-9-13-39(49)23-27-51(53)52-28-25-46-34-45(24-26-50(46)54(52)58)43-19-11-18-42(33-43)44-20-12-21-47(35-44)57-60-55(40-14-5-3-6-15-40)59-56(61-57)41-16-7-4-8-17-41/h3-28,33-38,48H,29-32H2,1-2H3. The molecule has 3 aliphatic carbocycles. The van der Waals surface area contributed by atoms with Gasteiger partial charge in [0, 0.05) is 22.1 Å². The second kappa shape index (κ2) is 14.2. The van der Waals surface area contributed by atoms with Gasteiger partial charge in [0.1, 0.15) is 0 Å². The molecular weight excluding hydrogens is 739 g/mol. The zero-order valence-corrected chi connectivity index (χ0v) is 34.7. The van der Waals surface area contributed by atoms with Gasteiger partial charge in [0.25, 0.3) is 0 Å². The molecule has 1 spiro atoms. The average Bonchev–Trinajstić information content (AvgIpc) is 3.63. The minimum Gasteiger partial charge on any atom is -0.208 e. The Labute approximate surface area is 358 Å². The fourth-order valence-corrected chi connectivity index (χ4v) is 12.2. The van der Waals surface area contributed by atoms with Crippen molar-refractivity contribution in [3.63, 3.8) is 0 Å². The van der Waals surface area contributed by atoms with E-state index in [0.717, 1.165) is 39.7 Å². The summed E-state index contributed by atoms with van der Waals surface area (Å²) in [5, 5.41) is 5.58. The summed E-state index contributed by atoms with van der Waals surface area (Å²) >= 11 is 0. The van der Waals surface area contributed by atoms with Gasteiger partial charge in [-0.1, -0.05) is 172 Å². The third-order valence-electron chi connectivity index (χ3n) is 14.6. The van der Waals surface area contributed by atoms with E-state index in [1.807, 2.05) is 36.4 Å². The Morgan fingerprint density at radius 1 is 0.393 bits per heavy atom. The monoisotopic (exact) mass is 785 g/mol. The quantitative estimate of drug-likeness (QED) is 0.174. The summed E-state index contributed by atoms with van der Waals surface area (Å²) in [4.78, 5) is 14.9. The van der Waals surface area contributed by atoms with E-state index < -0.39 is 0 Å². The largest absolute Gasteiger partial charge is 0.208 e. The van der Waals surface area contributed by atoms with Crippen LogP contribution in [0.4, 0.5) is 0 Å². The van der Waals surface area contributed by atoms with E-state index in [2.05, 4.69) is 153 Å². The summed E-state index contributed by atoms with van der Waals surface area (Å²) in [6.07, 6.45) is 5.34. The second-order valence-corrected chi connectivity index (χ2v) is 18.2. The van der Waals surface area contributed by atoms with Gasteiger partial charge < -0.3 is 0 Å². The summed E-state index contributed by atoms with van der Waals surface area (Å²) < 4.78 is 0. The molecule has 294 valence electrons. The molecular formula is C58H47N3. The molecule has 0 saturated heterocycles. The van der Waals surface area contributed by atoms with Gasteiger partial charge in [-0.15, -0.1) is 0 Å². The van der Waals surface area contributed by atoms with E-state index in [4.69, 9.17) is 15.0 Å². The summed E-state index contributed by atoms with van der Waals surface area (Å²) in [7, 11) is 0. The number of benzene rings is 8. The van der Waals surface area contributed by atoms with Gasteiger partial charge in [-0.3, -0.25) is 0 Å². The zero-order chi connectivity index (χ0) is 40.7. The first-order valence-corrected chi connectivity index (χ1v) is 22.2. The Bertz CT molecular complexity index is 3090. The molecule has 0 radical (unpaired) electrons. The molecule has 1 heterocycles. The van der Waals surface area contributed by atoms with Crippen LogP contribution in [0.5, 0.6) is 0 Å². The smallest absolute Gasteiger partial charge is 0.164 e. The van der Waals surface area contributed by atoms with Crippen molar-refractivity contribution in [1.82, 2.24) is 15.0 Å². The van der Waals surface area contributed by atoms with Gasteiger partial charge in [-0.05, 0) is 134 Å². The summed E-state index contributed by atoms with van der Waals surface area (Å²) in [5.74, 6) is 4.80. The lowest BCUT2D eigenvalue weighted by molar-refractivity contribution is 0.0440. The number of aromatic nitrogens is 3. The van der Waals surface area contributed by atoms with Crippen LogP contribution in [0.1, 0.15) is 50.7 Å². The summed E-state index contributed by atoms with van der Waals surface area (Å²) in [6, 6.07) is 64.1. The van der Waals surface area contributed by atoms with E-state index in [0.29, 0.717) is 29.3 Å². The predicted molar refractivity (Wildman–Crippen MR) is 252 cm³/mol. The molecule has 9 aromatic rings. The number of hydrogen-bond acceptors (Lipinski definition) is 3. The molecule has 61 heavy (non-hydrogen) atoms. The van der Waals surface area contributed by atoms with Crippen molar-refractivity contribution in [2.45, 2.75) is 44.9 Å². The lowest BCUT2D eigenvalue weighted by Gasteiger charge is -2.55. The topological polar surface area (TPSA) is 38.7 Å².